The Bertz CT molecular complexity index is 772. The van der Waals surface area contributed by atoms with Crippen molar-refractivity contribution in [2.75, 3.05) is 19.8 Å². The summed E-state index contributed by atoms with van der Waals surface area (Å²) >= 11 is 0. The third-order valence-electron chi connectivity index (χ3n) is 5.26. The second-order valence-electron chi connectivity index (χ2n) is 7.08. The van der Waals surface area contributed by atoms with Gasteiger partial charge >= 0.3 is 0 Å². The molecule has 0 N–H and O–H groups in total. The molecule has 5 heteroatoms. The van der Waals surface area contributed by atoms with Crippen LogP contribution >= 0.6 is 0 Å². The summed E-state index contributed by atoms with van der Waals surface area (Å²) in [6.07, 6.45) is 5.25. The first-order chi connectivity index (χ1) is 12.7. The van der Waals surface area contributed by atoms with Crippen LogP contribution < -0.4 is 4.74 Å². The average Bonchev–Trinajstić information content (AvgIpc) is 2.87. The molecule has 0 saturated carbocycles. The van der Waals surface area contributed by atoms with Gasteiger partial charge in [-0.25, -0.2) is 0 Å². The van der Waals surface area contributed by atoms with Gasteiger partial charge in [-0.1, -0.05) is 12.1 Å². The fourth-order valence-electron chi connectivity index (χ4n) is 3.67. The van der Waals surface area contributed by atoms with Gasteiger partial charge in [-0.15, -0.1) is 0 Å². The van der Waals surface area contributed by atoms with E-state index in [0.29, 0.717) is 26.4 Å². The van der Waals surface area contributed by atoms with Crippen LogP contribution in [0.3, 0.4) is 0 Å². The van der Waals surface area contributed by atoms with Crippen LogP contribution in [0.25, 0.3) is 11.1 Å². The Morgan fingerprint density at radius 1 is 1.19 bits per heavy atom. The monoisotopic (exact) mass is 352 g/mol. The van der Waals surface area contributed by atoms with Crippen LogP contribution in [0.1, 0.15) is 25.3 Å². The topological polar surface area (TPSA) is 51.7 Å². The fourth-order valence-corrected chi connectivity index (χ4v) is 3.67. The number of carbonyl (C=O) groups excluding carboxylic acids is 1. The Kier molecular flexibility index (Phi) is 4.89. The van der Waals surface area contributed by atoms with Gasteiger partial charge in [0, 0.05) is 49.2 Å². The number of hydrogen-bond donors (Lipinski definition) is 0. The molecule has 0 spiro atoms. The third kappa shape index (κ3) is 3.44. The highest BCUT2D eigenvalue weighted by atomic mass is 16.5. The molecule has 136 valence electrons. The second-order valence-corrected chi connectivity index (χ2v) is 7.08. The Labute approximate surface area is 153 Å². The van der Waals surface area contributed by atoms with E-state index in [1.807, 2.05) is 29.3 Å². The Morgan fingerprint density at radius 3 is 2.81 bits per heavy atom. The summed E-state index contributed by atoms with van der Waals surface area (Å²) < 4.78 is 11.4. The molecule has 1 aromatic carbocycles. The standard InChI is InChI=1S/C21H24N2O3/c1-15-14-26-20-5-4-17(18-3-2-8-22-12-18)11-19(20)13-23(15)21(24)16-6-9-25-10-7-16/h2-5,8,11-12,15-16H,6-7,9-10,13-14H2,1H3/t15-/m0/s1. The third-order valence-corrected chi connectivity index (χ3v) is 5.26. The summed E-state index contributed by atoms with van der Waals surface area (Å²) in [7, 11) is 0. The molecule has 0 bridgehead atoms. The molecule has 26 heavy (non-hydrogen) atoms. The van der Waals surface area contributed by atoms with E-state index in [9.17, 15) is 4.79 Å². The maximum absolute atomic E-state index is 13.1. The SMILES string of the molecule is C[C@H]1COc2ccc(-c3cccnc3)cc2CN1C(=O)C1CCOCC1. The summed E-state index contributed by atoms with van der Waals surface area (Å²) in [4.78, 5) is 19.3. The van der Waals surface area contributed by atoms with Crippen molar-refractivity contribution in [3.63, 3.8) is 0 Å². The number of pyridine rings is 1. The van der Waals surface area contributed by atoms with Gasteiger partial charge in [0.1, 0.15) is 12.4 Å². The normalized spacial score (nSPS) is 20.8. The van der Waals surface area contributed by atoms with Crippen molar-refractivity contribution in [3.8, 4) is 16.9 Å². The van der Waals surface area contributed by atoms with E-state index in [0.717, 1.165) is 35.3 Å². The minimum absolute atomic E-state index is 0.0552. The molecule has 5 nitrogen and oxygen atoms in total. The molecule has 2 aromatic rings. The predicted octanol–water partition coefficient (Wildman–Crippen LogP) is 3.28. The van der Waals surface area contributed by atoms with E-state index in [1.54, 1.807) is 6.20 Å². The first-order valence-corrected chi connectivity index (χ1v) is 9.27. The highest BCUT2D eigenvalue weighted by Gasteiger charge is 2.31. The second kappa shape index (κ2) is 7.46. The zero-order valence-corrected chi connectivity index (χ0v) is 15.1. The molecule has 1 aromatic heterocycles. The van der Waals surface area contributed by atoms with Crippen molar-refractivity contribution in [2.45, 2.75) is 32.4 Å². The number of ether oxygens (including phenoxy) is 2. The summed E-state index contributed by atoms with van der Waals surface area (Å²) in [5, 5.41) is 0. The Morgan fingerprint density at radius 2 is 2.04 bits per heavy atom. The van der Waals surface area contributed by atoms with Crippen LogP contribution in [0.15, 0.2) is 42.7 Å². The molecular formula is C21H24N2O3. The van der Waals surface area contributed by atoms with Crippen molar-refractivity contribution in [1.82, 2.24) is 9.88 Å². The molecule has 1 amide bonds. The van der Waals surface area contributed by atoms with Crippen molar-refractivity contribution in [2.24, 2.45) is 5.92 Å². The van der Waals surface area contributed by atoms with Crippen LogP contribution in [0, 0.1) is 5.92 Å². The number of fused-ring (bicyclic) bond motifs is 1. The smallest absolute Gasteiger partial charge is 0.226 e. The van der Waals surface area contributed by atoms with Gasteiger partial charge in [0.2, 0.25) is 5.91 Å². The van der Waals surface area contributed by atoms with E-state index < -0.39 is 0 Å². The molecule has 0 unspecified atom stereocenters. The quantitative estimate of drug-likeness (QED) is 0.832. The average molecular weight is 352 g/mol. The lowest BCUT2D eigenvalue weighted by Crippen LogP contribution is -2.44. The lowest BCUT2D eigenvalue weighted by Gasteiger charge is -2.32. The first-order valence-electron chi connectivity index (χ1n) is 9.27. The molecule has 4 rings (SSSR count). The van der Waals surface area contributed by atoms with Gasteiger partial charge in [0.05, 0.1) is 6.04 Å². The molecule has 0 radical (unpaired) electrons. The van der Waals surface area contributed by atoms with Gasteiger partial charge in [0.15, 0.2) is 0 Å². The van der Waals surface area contributed by atoms with Crippen LogP contribution in [0.2, 0.25) is 0 Å². The minimum atomic E-state index is 0.0552. The van der Waals surface area contributed by atoms with E-state index in [2.05, 4.69) is 24.0 Å². The molecule has 3 heterocycles. The summed E-state index contributed by atoms with van der Waals surface area (Å²) in [6.45, 7) is 4.52. The number of amides is 1. The van der Waals surface area contributed by atoms with Gasteiger partial charge in [-0.2, -0.15) is 0 Å². The minimum Gasteiger partial charge on any atom is -0.491 e. The van der Waals surface area contributed by atoms with E-state index >= 15 is 0 Å². The van der Waals surface area contributed by atoms with Crippen molar-refractivity contribution >= 4 is 5.91 Å². The first kappa shape index (κ1) is 17.0. The van der Waals surface area contributed by atoms with Crippen LogP contribution in [-0.2, 0) is 16.1 Å². The molecule has 2 aliphatic heterocycles. The van der Waals surface area contributed by atoms with Gasteiger partial charge in [-0.3, -0.25) is 9.78 Å². The zero-order valence-electron chi connectivity index (χ0n) is 15.1. The number of carbonyl (C=O) groups is 1. The summed E-state index contributed by atoms with van der Waals surface area (Å²) in [5.41, 5.74) is 3.21. The van der Waals surface area contributed by atoms with E-state index in [1.165, 1.54) is 0 Å². The molecule has 1 fully saturated rings. The zero-order chi connectivity index (χ0) is 17.9. The van der Waals surface area contributed by atoms with Gasteiger partial charge < -0.3 is 14.4 Å². The van der Waals surface area contributed by atoms with E-state index in [4.69, 9.17) is 9.47 Å². The maximum Gasteiger partial charge on any atom is 0.226 e. The number of hydrogen-bond acceptors (Lipinski definition) is 4. The Balaban J connectivity index is 1.61. The number of nitrogens with zero attached hydrogens (tertiary/aromatic N) is 2. The van der Waals surface area contributed by atoms with Crippen LogP contribution in [0.4, 0.5) is 0 Å². The maximum atomic E-state index is 13.1. The van der Waals surface area contributed by atoms with Crippen molar-refractivity contribution in [1.29, 1.82) is 0 Å². The highest BCUT2D eigenvalue weighted by molar-refractivity contribution is 5.79. The van der Waals surface area contributed by atoms with Crippen molar-refractivity contribution < 1.29 is 14.3 Å². The summed E-state index contributed by atoms with van der Waals surface area (Å²) in [6, 6.07) is 10.2. The highest BCUT2D eigenvalue weighted by Crippen LogP contribution is 2.31. The predicted molar refractivity (Wildman–Crippen MR) is 98.7 cm³/mol. The lowest BCUT2D eigenvalue weighted by molar-refractivity contribution is -0.141. The number of rotatable bonds is 2. The Hall–Kier alpha value is -2.40. The van der Waals surface area contributed by atoms with Crippen molar-refractivity contribution in [3.05, 3.63) is 48.3 Å². The molecule has 1 saturated heterocycles. The number of aromatic nitrogens is 1. The summed E-state index contributed by atoms with van der Waals surface area (Å²) in [5.74, 6) is 1.16. The molecule has 1 atom stereocenters. The lowest BCUT2D eigenvalue weighted by atomic mass is 9.97. The van der Waals surface area contributed by atoms with Crippen LogP contribution in [0.5, 0.6) is 5.75 Å². The molecule has 0 aliphatic carbocycles. The molecular weight excluding hydrogens is 328 g/mol. The fraction of sp³-hybridized carbons (Fsp3) is 0.429. The van der Waals surface area contributed by atoms with Crippen LogP contribution in [-0.4, -0.2) is 41.7 Å². The van der Waals surface area contributed by atoms with Gasteiger partial charge in [0.25, 0.3) is 0 Å². The molecule has 2 aliphatic rings. The van der Waals surface area contributed by atoms with E-state index in [-0.39, 0.29) is 17.9 Å². The number of benzene rings is 1. The van der Waals surface area contributed by atoms with Gasteiger partial charge in [-0.05, 0) is 43.5 Å². The largest absolute Gasteiger partial charge is 0.491 e.